The fraction of sp³-hybridized carbons (Fsp3) is 0.407. The van der Waals surface area contributed by atoms with Crippen molar-refractivity contribution in [1.29, 1.82) is 0 Å². The van der Waals surface area contributed by atoms with Crippen LogP contribution in [0.2, 0.25) is 0 Å². The van der Waals surface area contributed by atoms with Crippen LogP contribution >= 0.6 is 0 Å². The molecule has 1 aliphatic heterocycles. The zero-order valence-corrected chi connectivity index (χ0v) is 22.5. The van der Waals surface area contributed by atoms with Gasteiger partial charge in [-0.1, -0.05) is 6.07 Å². The van der Waals surface area contributed by atoms with Crippen LogP contribution in [0.3, 0.4) is 0 Å². The van der Waals surface area contributed by atoms with Gasteiger partial charge in [0.2, 0.25) is 9.84 Å². The summed E-state index contributed by atoms with van der Waals surface area (Å²) in [6.07, 6.45) is 2.43. The van der Waals surface area contributed by atoms with Crippen LogP contribution in [-0.4, -0.2) is 61.2 Å². The summed E-state index contributed by atoms with van der Waals surface area (Å²) in [5, 5.41) is 5.65. The Morgan fingerprint density at radius 1 is 1.13 bits per heavy atom. The van der Waals surface area contributed by atoms with Crippen LogP contribution < -0.4 is 15.5 Å². The SMILES string of the molecule is CC(C)NC(=O)Nc1ccc(-c2nc(N3CCOC[C@@H]3C)cc(C3(S(=O)(=O)c4ccccn4)CC3)n2)cc1. The summed E-state index contributed by atoms with van der Waals surface area (Å²) in [4.78, 5) is 28.0. The minimum absolute atomic E-state index is 0.0172. The largest absolute Gasteiger partial charge is 0.377 e. The van der Waals surface area contributed by atoms with Crippen LogP contribution in [-0.2, 0) is 19.3 Å². The smallest absolute Gasteiger partial charge is 0.319 e. The molecule has 38 heavy (non-hydrogen) atoms. The fourth-order valence-corrected chi connectivity index (χ4v) is 6.50. The van der Waals surface area contributed by atoms with Crippen molar-refractivity contribution in [2.75, 3.05) is 30.0 Å². The van der Waals surface area contributed by atoms with E-state index in [1.807, 2.05) is 32.0 Å². The number of nitrogens with one attached hydrogen (secondary N) is 2. The molecule has 1 aromatic carbocycles. The lowest BCUT2D eigenvalue weighted by atomic mass is 10.1. The third kappa shape index (κ3) is 5.08. The lowest BCUT2D eigenvalue weighted by Gasteiger charge is -2.34. The zero-order chi connectivity index (χ0) is 26.9. The van der Waals surface area contributed by atoms with Crippen LogP contribution in [0.25, 0.3) is 11.4 Å². The van der Waals surface area contributed by atoms with E-state index in [9.17, 15) is 13.2 Å². The summed E-state index contributed by atoms with van der Waals surface area (Å²) in [5.41, 5.74) is 1.82. The highest BCUT2D eigenvalue weighted by Crippen LogP contribution is 2.54. The van der Waals surface area contributed by atoms with Gasteiger partial charge in [0.25, 0.3) is 0 Å². The third-order valence-corrected chi connectivity index (χ3v) is 9.23. The molecule has 2 fully saturated rings. The highest BCUT2D eigenvalue weighted by Gasteiger charge is 2.58. The van der Waals surface area contributed by atoms with E-state index in [-0.39, 0.29) is 23.1 Å². The molecular weight excluding hydrogens is 504 g/mol. The van der Waals surface area contributed by atoms with Crippen LogP contribution in [0.5, 0.6) is 0 Å². The van der Waals surface area contributed by atoms with Gasteiger partial charge in [-0.25, -0.2) is 28.2 Å². The van der Waals surface area contributed by atoms with E-state index in [4.69, 9.17) is 14.7 Å². The second kappa shape index (κ2) is 10.3. The quantitative estimate of drug-likeness (QED) is 0.468. The van der Waals surface area contributed by atoms with Gasteiger partial charge in [0.1, 0.15) is 10.6 Å². The fourth-order valence-electron chi connectivity index (χ4n) is 4.63. The molecule has 2 aliphatic rings. The maximum Gasteiger partial charge on any atom is 0.319 e. The summed E-state index contributed by atoms with van der Waals surface area (Å²) < 4.78 is 31.9. The van der Waals surface area contributed by atoms with Gasteiger partial charge in [-0.05, 0) is 70.0 Å². The highest BCUT2D eigenvalue weighted by molar-refractivity contribution is 7.92. The second-order valence-electron chi connectivity index (χ2n) is 10.0. The van der Waals surface area contributed by atoms with E-state index in [2.05, 4.69) is 27.4 Å². The Morgan fingerprint density at radius 2 is 1.89 bits per heavy atom. The third-order valence-electron chi connectivity index (χ3n) is 6.79. The number of amides is 2. The van der Waals surface area contributed by atoms with Crippen molar-refractivity contribution in [3.8, 4) is 11.4 Å². The Hall–Kier alpha value is -3.57. The molecule has 200 valence electrons. The van der Waals surface area contributed by atoms with Crippen molar-refractivity contribution in [1.82, 2.24) is 20.3 Å². The van der Waals surface area contributed by atoms with Crippen molar-refractivity contribution < 1.29 is 17.9 Å². The Labute approximate surface area is 222 Å². The van der Waals surface area contributed by atoms with Gasteiger partial charge in [-0.2, -0.15) is 0 Å². The first-order valence-corrected chi connectivity index (χ1v) is 14.3. The van der Waals surface area contributed by atoms with Gasteiger partial charge < -0.3 is 20.3 Å². The lowest BCUT2D eigenvalue weighted by Crippen LogP contribution is -2.44. The second-order valence-corrected chi connectivity index (χ2v) is 12.3. The predicted octanol–water partition coefficient (Wildman–Crippen LogP) is 3.76. The Bertz CT molecular complexity index is 1410. The number of nitrogens with zero attached hydrogens (tertiary/aromatic N) is 4. The molecule has 1 aliphatic carbocycles. The number of urea groups is 1. The maximum atomic E-state index is 13.7. The molecule has 5 rings (SSSR count). The summed E-state index contributed by atoms with van der Waals surface area (Å²) in [5.74, 6) is 1.10. The van der Waals surface area contributed by atoms with Crippen LogP contribution in [0.4, 0.5) is 16.3 Å². The minimum atomic E-state index is -3.77. The first-order chi connectivity index (χ1) is 18.2. The molecule has 2 aromatic heterocycles. The van der Waals surface area contributed by atoms with Crippen molar-refractivity contribution in [3.63, 3.8) is 0 Å². The number of anilines is 2. The average molecular weight is 537 g/mol. The van der Waals surface area contributed by atoms with Crippen LogP contribution in [0, 0.1) is 0 Å². The first-order valence-electron chi connectivity index (χ1n) is 12.8. The molecule has 0 radical (unpaired) electrons. The minimum Gasteiger partial charge on any atom is -0.377 e. The van der Waals surface area contributed by atoms with Crippen molar-refractivity contribution in [3.05, 3.63) is 60.4 Å². The molecule has 0 spiro atoms. The molecule has 2 N–H and O–H groups in total. The number of aromatic nitrogens is 3. The molecule has 3 heterocycles. The molecular formula is C27H32N6O4S. The lowest BCUT2D eigenvalue weighted by molar-refractivity contribution is 0.0985. The Morgan fingerprint density at radius 3 is 2.53 bits per heavy atom. The number of rotatable bonds is 7. The number of sulfone groups is 1. The van der Waals surface area contributed by atoms with E-state index in [1.54, 1.807) is 24.3 Å². The molecule has 1 atom stereocenters. The number of morpholine rings is 1. The number of hydrogen-bond acceptors (Lipinski definition) is 8. The zero-order valence-electron chi connectivity index (χ0n) is 21.7. The van der Waals surface area contributed by atoms with E-state index in [1.165, 1.54) is 12.3 Å². The molecule has 2 amide bonds. The molecule has 1 saturated carbocycles. The van der Waals surface area contributed by atoms with Gasteiger partial charge >= 0.3 is 6.03 Å². The van der Waals surface area contributed by atoms with Crippen LogP contribution in [0.1, 0.15) is 39.3 Å². The van der Waals surface area contributed by atoms with Gasteiger partial charge in [0.05, 0.1) is 24.9 Å². The summed E-state index contributed by atoms with van der Waals surface area (Å²) in [6, 6.07) is 13.7. The Balaban J connectivity index is 1.54. The highest BCUT2D eigenvalue weighted by atomic mass is 32.2. The van der Waals surface area contributed by atoms with E-state index < -0.39 is 14.6 Å². The molecule has 0 unspecified atom stereocenters. The predicted molar refractivity (Wildman–Crippen MR) is 145 cm³/mol. The van der Waals surface area contributed by atoms with E-state index in [0.29, 0.717) is 55.6 Å². The normalized spacial score (nSPS) is 18.7. The van der Waals surface area contributed by atoms with Crippen molar-refractivity contribution in [2.45, 2.75) is 55.5 Å². The monoisotopic (exact) mass is 536 g/mol. The van der Waals surface area contributed by atoms with Crippen molar-refractivity contribution in [2.24, 2.45) is 0 Å². The average Bonchev–Trinajstić information content (AvgIpc) is 3.72. The van der Waals surface area contributed by atoms with E-state index >= 15 is 0 Å². The first kappa shape index (κ1) is 26.1. The summed E-state index contributed by atoms with van der Waals surface area (Å²) in [7, 11) is -3.77. The molecule has 3 aromatic rings. The number of pyridine rings is 1. The summed E-state index contributed by atoms with van der Waals surface area (Å²) >= 11 is 0. The van der Waals surface area contributed by atoms with E-state index in [0.717, 1.165) is 5.56 Å². The summed E-state index contributed by atoms with van der Waals surface area (Å²) in [6.45, 7) is 7.60. The molecule has 11 heteroatoms. The van der Waals surface area contributed by atoms with Crippen LogP contribution in [0.15, 0.2) is 59.8 Å². The number of carbonyl (C=O) groups is 1. The van der Waals surface area contributed by atoms with Crippen molar-refractivity contribution >= 4 is 27.4 Å². The number of carbonyl (C=O) groups excluding carboxylic acids is 1. The number of benzene rings is 1. The molecule has 1 saturated heterocycles. The van der Waals surface area contributed by atoms with Gasteiger partial charge in [-0.15, -0.1) is 0 Å². The molecule has 10 nitrogen and oxygen atoms in total. The Kier molecular flexibility index (Phi) is 7.06. The number of hydrogen-bond donors (Lipinski definition) is 2. The topological polar surface area (TPSA) is 126 Å². The van der Waals surface area contributed by atoms with Gasteiger partial charge in [-0.3, -0.25) is 0 Å². The maximum absolute atomic E-state index is 13.7. The van der Waals surface area contributed by atoms with Gasteiger partial charge in [0.15, 0.2) is 10.9 Å². The number of ether oxygens (including phenoxy) is 1. The standard InChI is InChI=1S/C27H32N6O4S/c1-18(2)29-26(34)30-21-9-7-20(8-10-21)25-31-22(16-23(32-25)33-14-15-37-17-19(33)3)27(11-12-27)38(35,36)24-6-4-5-13-28-24/h4-10,13,16,18-19H,11-12,14-15,17H2,1-3H3,(H2,29,30,34)/t19-/m0/s1. The van der Waals surface area contributed by atoms with Gasteiger partial charge in [0, 0.05) is 36.1 Å². The molecule has 0 bridgehead atoms.